The molecule has 24 heavy (non-hydrogen) atoms. The van der Waals surface area contributed by atoms with Gasteiger partial charge in [-0.1, -0.05) is 15.9 Å². The van der Waals surface area contributed by atoms with Crippen LogP contribution in [0.15, 0.2) is 47.1 Å². The van der Waals surface area contributed by atoms with Crippen LogP contribution in [0, 0.1) is 5.92 Å². The van der Waals surface area contributed by atoms with Gasteiger partial charge in [0.2, 0.25) is 5.88 Å². The minimum absolute atomic E-state index is 0.0196. The number of rotatable bonds is 5. The highest BCUT2D eigenvalue weighted by atomic mass is 79.9. The van der Waals surface area contributed by atoms with Crippen LogP contribution in [0.1, 0.15) is 16.8 Å². The first kappa shape index (κ1) is 16.9. The van der Waals surface area contributed by atoms with Crippen molar-refractivity contribution >= 4 is 21.8 Å². The van der Waals surface area contributed by atoms with Gasteiger partial charge in [-0.15, -0.1) is 0 Å². The van der Waals surface area contributed by atoms with E-state index in [1.54, 1.807) is 18.3 Å². The lowest BCUT2D eigenvalue weighted by molar-refractivity contribution is 0.0784. The minimum Gasteiger partial charge on any atom is -0.438 e. The monoisotopic (exact) mass is 389 g/mol. The van der Waals surface area contributed by atoms with Gasteiger partial charge in [0.15, 0.2) is 0 Å². The number of carbonyl (C=O) groups is 1. The number of aromatic nitrogens is 1. The third-order valence-corrected chi connectivity index (χ3v) is 4.62. The van der Waals surface area contributed by atoms with E-state index in [-0.39, 0.29) is 5.91 Å². The van der Waals surface area contributed by atoms with E-state index in [1.807, 2.05) is 36.2 Å². The van der Waals surface area contributed by atoms with Crippen molar-refractivity contribution in [1.29, 1.82) is 0 Å². The van der Waals surface area contributed by atoms with Gasteiger partial charge in [-0.2, -0.15) is 0 Å². The Balaban J connectivity index is 1.76. The van der Waals surface area contributed by atoms with Crippen LogP contribution in [-0.2, 0) is 0 Å². The van der Waals surface area contributed by atoms with E-state index in [2.05, 4.69) is 26.2 Å². The highest BCUT2D eigenvalue weighted by Gasteiger charge is 2.28. The Hall–Kier alpha value is -1.92. The number of carbonyl (C=O) groups excluding carboxylic acids is 1. The van der Waals surface area contributed by atoms with Crippen LogP contribution < -0.4 is 10.1 Å². The highest BCUT2D eigenvalue weighted by molar-refractivity contribution is 9.10. The second kappa shape index (κ2) is 7.77. The molecule has 1 saturated heterocycles. The van der Waals surface area contributed by atoms with Crippen molar-refractivity contribution in [2.24, 2.45) is 5.92 Å². The molecule has 1 N–H and O–H groups in total. The van der Waals surface area contributed by atoms with E-state index in [1.165, 1.54) is 0 Å². The number of pyridine rings is 1. The van der Waals surface area contributed by atoms with Crippen LogP contribution in [0.25, 0.3) is 0 Å². The summed E-state index contributed by atoms with van der Waals surface area (Å²) in [5.41, 5.74) is 0.505. The van der Waals surface area contributed by atoms with E-state index in [4.69, 9.17) is 4.74 Å². The van der Waals surface area contributed by atoms with Gasteiger partial charge in [-0.05, 0) is 62.3 Å². The zero-order valence-corrected chi connectivity index (χ0v) is 15.1. The number of halogens is 1. The number of nitrogens with zero attached hydrogens (tertiary/aromatic N) is 2. The molecule has 2 aromatic rings. The zero-order valence-electron chi connectivity index (χ0n) is 13.5. The van der Waals surface area contributed by atoms with E-state index < -0.39 is 0 Å². The Kier molecular flexibility index (Phi) is 5.48. The van der Waals surface area contributed by atoms with Crippen molar-refractivity contribution in [3.8, 4) is 11.6 Å². The Labute approximate surface area is 150 Å². The first-order chi connectivity index (χ1) is 11.7. The van der Waals surface area contributed by atoms with Crippen molar-refractivity contribution in [2.75, 3.05) is 26.7 Å². The lowest BCUT2D eigenvalue weighted by Crippen LogP contribution is -2.30. The first-order valence-corrected chi connectivity index (χ1v) is 8.79. The van der Waals surface area contributed by atoms with Crippen LogP contribution in [0.2, 0.25) is 0 Å². The predicted molar refractivity (Wildman–Crippen MR) is 96.4 cm³/mol. The van der Waals surface area contributed by atoms with Gasteiger partial charge < -0.3 is 15.0 Å². The molecule has 1 amide bonds. The third kappa shape index (κ3) is 3.94. The molecular weight excluding hydrogens is 370 g/mol. The minimum atomic E-state index is -0.0196. The number of hydrogen-bond donors (Lipinski definition) is 1. The molecule has 1 fully saturated rings. The van der Waals surface area contributed by atoms with E-state index in [0.29, 0.717) is 23.1 Å². The molecule has 0 radical (unpaired) electrons. The summed E-state index contributed by atoms with van der Waals surface area (Å²) in [5.74, 6) is 1.49. The molecular formula is C18H20BrN3O2. The normalized spacial score (nSPS) is 17.1. The topological polar surface area (TPSA) is 54.5 Å². The maximum Gasteiger partial charge on any atom is 0.259 e. The van der Waals surface area contributed by atoms with Crippen LogP contribution in [-0.4, -0.2) is 42.5 Å². The van der Waals surface area contributed by atoms with Crippen molar-refractivity contribution in [3.05, 3.63) is 52.6 Å². The summed E-state index contributed by atoms with van der Waals surface area (Å²) >= 11 is 3.39. The summed E-state index contributed by atoms with van der Waals surface area (Å²) in [6.07, 6.45) is 2.66. The largest absolute Gasteiger partial charge is 0.438 e. The zero-order chi connectivity index (χ0) is 16.9. The van der Waals surface area contributed by atoms with Crippen LogP contribution in [0.3, 0.4) is 0 Å². The van der Waals surface area contributed by atoms with E-state index >= 15 is 0 Å². The lowest BCUT2D eigenvalue weighted by atomic mass is 10.1. The molecule has 1 atom stereocenters. The van der Waals surface area contributed by atoms with Crippen molar-refractivity contribution in [2.45, 2.75) is 6.42 Å². The molecule has 2 heterocycles. The van der Waals surface area contributed by atoms with E-state index in [9.17, 15) is 4.79 Å². The molecule has 1 unspecified atom stereocenters. The molecule has 1 aromatic heterocycles. The molecule has 0 spiro atoms. The van der Waals surface area contributed by atoms with Gasteiger partial charge in [0.25, 0.3) is 5.91 Å². The van der Waals surface area contributed by atoms with Gasteiger partial charge >= 0.3 is 0 Å². The predicted octanol–water partition coefficient (Wildman–Crippen LogP) is 3.32. The van der Waals surface area contributed by atoms with Gasteiger partial charge in [-0.3, -0.25) is 4.79 Å². The fraction of sp³-hybridized carbons (Fsp3) is 0.333. The summed E-state index contributed by atoms with van der Waals surface area (Å²) in [4.78, 5) is 19.0. The number of amides is 1. The Bertz CT molecular complexity index is 706. The molecule has 126 valence electrons. The maximum atomic E-state index is 12.8. The Morgan fingerprint density at radius 2 is 2.17 bits per heavy atom. The molecule has 0 saturated carbocycles. The molecule has 5 nitrogen and oxygen atoms in total. The van der Waals surface area contributed by atoms with Gasteiger partial charge in [0.1, 0.15) is 11.3 Å². The van der Waals surface area contributed by atoms with Gasteiger partial charge in [0, 0.05) is 23.8 Å². The number of ether oxygens (including phenoxy) is 1. The molecule has 1 aliphatic heterocycles. The van der Waals surface area contributed by atoms with Gasteiger partial charge in [0.05, 0.1) is 0 Å². The fourth-order valence-electron chi connectivity index (χ4n) is 2.89. The lowest BCUT2D eigenvalue weighted by Gasteiger charge is -2.18. The first-order valence-electron chi connectivity index (χ1n) is 7.99. The second-order valence-electron chi connectivity index (χ2n) is 5.88. The summed E-state index contributed by atoms with van der Waals surface area (Å²) in [5, 5.41) is 3.18. The van der Waals surface area contributed by atoms with Crippen molar-refractivity contribution < 1.29 is 9.53 Å². The number of likely N-dealkylation sites (tertiary alicyclic amines) is 1. The summed E-state index contributed by atoms with van der Waals surface area (Å²) in [6.45, 7) is 2.48. The Morgan fingerprint density at radius 3 is 2.92 bits per heavy atom. The van der Waals surface area contributed by atoms with Gasteiger partial charge in [-0.25, -0.2) is 4.98 Å². The van der Waals surface area contributed by atoms with Crippen molar-refractivity contribution in [1.82, 2.24) is 15.2 Å². The third-order valence-electron chi connectivity index (χ3n) is 4.10. The standard InChI is InChI=1S/C18H20BrN3O2/c1-20-11-13-8-10-22(12-13)18(23)16-3-2-9-21-17(16)24-15-6-4-14(19)5-7-15/h2-7,9,13,20H,8,10-12H2,1H3. The molecule has 6 heteroatoms. The average Bonchev–Trinajstić information content (AvgIpc) is 3.06. The number of benzene rings is 1. The SMILES string of the molecule is CNCC1CCN(C(=O)c2cccnc2Oc2ccc(Br)cc2)C1. The smallest absolute Gasteiger partial charge is 0.259 e. The summed E-state index contributed by atoms with van der Waals surface area (Å²) < 4.78 is 6.80. The average molecular weight is 390 g/mol. The quantitative estimate of drug-likeness (QED) is 0.851. The number of hydrogen-bond acceptors (Lipinski definition) is 4. The van der Waals surface area contributed by atoms with E-state index in [0.717, 1.165) is 30.5 Å². The molecule has 3 rings (SSSR count). The maximum absolute atomic E-state index is 12.8. The van der Waals surface area contributed by atoms with Crippen LogP contribution >= 0.6 is 15.9 Å². The van der Waals surface area contributed by atoms with Crippen LogP contribution in [0.4, 0.5) is 0 Å². The van der Waals surface area contributed by atoms with Crippen LogP contribution in [0.5, 0.6) is 11.6 Å². The highest BCUT2D eigenvalue weighted by Crippen LogP contribution is 2.27. The fourth-order valence-corrected chi connectivity index (χ4v) is 3.16. The van der Waals surface area contributed by atoms with Crippen molar-refractivity contribution in [3.63, 3.8) is 0 Å². The number of nitrogens with one attached hydrogen (secondary N) is 1. The summed E-state index contributed by atoms with van der Waals surface area (Å²) in [7, 11) is 1.94. The Morgan fingerprint density at radius 1 is 1.38 bits per heavy atom. The summed E-state index contributed by atoms with van der Waals surface area (Å²) in [6, 6.07) is 11.0. The molecule has 0 bridgehead atoms. The molecule has 0 aliphatic carbocycles. The molecule has 1 aromatic carbocycles. The molecule has 1 aliphatic rings. The second-order valence-corrected chi connectivity index (χ2v) is 6.79.